The van der Waals surface area contributed by atoms with Gasteiger partial charge in [-0.15, -0.1) is 0 Å². The highest BCUT2D eigenvalue weighted by Gasteiger charge is 2.38. The quantitative estimate of drug-likeness (QED) is 0.377. The molecule has 2 aromatic rings. The highest BCUT2D eigenvalue weighted by molar-refractivity contribution is 7.89. The molecular formula is C27H37Cl2N3O5S. The first-order valence-corrected chi connectivity index (χ1v) is 15.1. The second-order valence-electron chi connectivity index (χ2n) is 10.1. The number of aryl methyl sites for hydroxylation is 1. The molecule has 1 aliphatic carbocycles. The highest BCUT2D eigenvalue weighted by atomic mass is 35.5. The van der Waals surface area contributed by atoms with Crippen LogP contribution in [0.1, 0.15) is 29.2 Å². The van der Waals surface area contributed by atoms with Crippen LogP contribution in [0.25, 0.3) is 0 Å². The summed E-state index contributed by atoms with van der Waals surface area (Å²) >= 11 is 12.8. The summed E-state index contributed by atoms with van der Waals surface area (Å²) in [7, 11) is 0.393. The molecule has 8 nitrogen and oxygen atoms in total. The van der Waals surface area contributed by atoms with E-state index in [2.05, 4.69) is 4.90 Å². The normalized spacial score (nSPS) is 21.8. The highest BCUT2D eigenvalue weighted by Crippen LogP contribution is 2.42. The van der Waals surface area contributed by atoms with Crippen LogP contribution in [0, 0.1) is 12.8 Å². The number of rotatable bonds is 12. The molecular weight excluding hydrogens is 549 g/mol. The zero-order valence-corrected chi connectivity index (χ0v) is 24.5. The standard InChI is InChI=1S/C27H37Cl2N3O5S/c1-18-12-21(38(33,34)32-8-6-19(16-32)17-36-11-10-35-9-7-30)4-5-26(18)37-27-23-13-20(28)14-24(29)22(23)15-25(27)31(2)3/h4-5,12-14,19,25,27H,6-11,15-17,30H2,1-3H3/t19-,25-,27-/m0/s1. The van der Waals surface area contributed by atoms with Crippen molar-refractivity contribution in [3.8, 4) is 5.75 Å². The van der Waals surface area contributed by atoms with Crippen molar-refractivity contribution in [2.75, 3.05) is 60.2 Å². The lowest BCUT2D eigenvalue weighted by Crippen LogP contribution is -2.34. The van der Waals surface area contributed by atoms with E-state index >= 15 is 0 Å². The van der Waals surface area contributed by atoms with E-state index < -0.39 is 10.0 Å². The lowest BCUT2D eigenvalue weighted by Gasteiger charge is -2.28. The first-order valence-electron chi connectivity index (χ1n) is 12.9. The zero-order valence-electron chi connectivity index (χ0n) is 22.2. The van der Waals surface area contributed by atoms with Crippen molar-refractivity contribution in [1.29, 1.82) is 0 Å². The first kappa shape index (κ1) is 29.6. The zero-order chi connectivity index (χ0) is 27.4. The Hall–Kier alpha value is -1.43. The summed E-state index contributed by atoms with van der Waals surface area (Å²) in [5.74, 6) is 0.793. The lowest BCUT2D eigenvalue weighted by atomic mass is 10.1. The van der Waals surface area contributed by atoms with Gasteiger partial charge in [-0.1, -0.05) is 23.2 Å². The van der Waals surface area contributed by atoms with E-state index in [0.717, 1.165) is 29.5 Å². The van der Waals surface area contributed by atoms with E-state index in [1.807, 2.05) is 27.1 Å². The van der Waals surface area contributed by atoms with Crippen LogP contribution in [-0.4, -0.2) is 83.8 Å². The number of ether oxygens (including phenoxy) is 3. The molecule has 2 aromatic carbocycles. The molecule has 0 radical (unpaired) electrons. The number of benzene rings is 2. The van der Waals surface area contributed by atoms with Crippen molar-refractivity contribution in [2.24, 2.45) is 11.7 Å². The number of sulfonamides is 1. The van der Waals surface area contributed by atoms with Crippen LogP contribution >= 0.6 is 23.2 Å². The molecule has 210 valence electrons. The molecule has 4 rings (SSSR count). The predicted octanol–water partition coefficient (Wildman–Crippen LogP) is 3.91. The first-order chi connectivity index (χ1) is 18.1. The smallest absolute Gasteiger partial charge is 0.243 e. The van der Waals surface area contributed by atoms with Crippen molar-refractivity contribution >= 4 is 33.2 Å². The van der Waals surface area contributed by atoms with Gasteiger partial charge in [0.25, 0.3) is 0 Å². The van der Waals surface area contributed by atoms with Crippen LogP contribution in [0.4, 0.5) is 0 Å². The Morgan fingerprint density at radius 3 is 2.58 bits per heavy atom. The number of nitrogens with zero attached hydrogens (tertiary/aromatic N) is 2. The van der Waals surface area contributed by atoms with Crippen LogP contribution in [-0.2, 0) is 25.9 Å². The molecule has 0 unspecified atom stereocenters. The molecule has 1 aliphatic heterocycles. The fourth-order valence-electron chi connectivity index (χ4n) is 5.12. The van der Waals surface area contributed by atoms with Gasteiger partial charge in [0.2, 0.25) is 10.0 Å². The number of hydrogen-bond donors (Lipinski definition) is 1. The minimum Gasteiger partial charge on any atom is -0.484 e. The van der Waals surface area contributed by atoms with E-state index in [0.29, 0.717) is 61.9 Å². The summed E-state index contributed by atoms with van der Waals surface area (Å²) in [4.78, 5) is 2.38. The van der Waals surface area contributed by atoms with Crippen molar-refractivity contribution in [3.05, 3.63) is 57.1 Å². The summed E-state index contributed by atoms with van der Waals surface area (Å²) in [6, 6.07) is 8.80. The van der Waals surface area contributed by atoms with Crippen LogP contribution in [0.15, 0.2) is 35.2 Å². The Bertz CT molecular complexity index is 1230. The van der Waals surface area contributed by atoms with E-state index in [1.165, 1.54) is 0 Å². The molecule has 0 bridgehead atoms. The maximum atomic E-state index is 13.4. The molecule has 11 heteroatoms. The Kier molecular flexibility index (Phi) is 9.97. The molecule has 0 saturated carbocycles. The Labute approximate surface area is 236 Å². The molecule has 3 atom stereocenters. The molecule has 0 amide bonds. The summed E-state index contributed by atoms with van der Waals surface area (Å²) in [6.45, 7) is 5.24. The average Bonchev–Trinajstić information content (AvgIpc) is 3.48. The third kappa shape index (κ3) is 6.64. The third-order valence-corrected chi connectivity index (χ3v) is 9.62. The fraction of sp³-hybridized carbons (Fsp3) is 0.556. The summed E-state index contributed by atoms with van der Waals surface area (Å²) < 4.78 is 45.8. The Morgan fingerprint density at radius 1 is 1.11 bits per heavy atom. The third-order valence-electron chi connectivity index (χ3n) is 7.20. The minimum absolute atomic E-state index is 0.0692. The summed E-state index contributed by atoms with van der Waals surface area (Å²) in [5.41, 5.74) is 8.15. The van der Waals surface area contributed by atoms with Gasteiger partial charge in [-0.05, 0) is 81.2 Å². The number of halogens is 2. The van der Waals surface area contributed by atoms with Gasteiger partial charge in [-0.3, -0.25) is 0 Å². The van der Waals surface area contributed by atoms with E-state index in [1.54, 1.807) is 28.6 Å². The van der Waals surface area contributed by atoms with Gasteiger partial charge < -0.3 is 24.8 Å². The van der Waals surface area contributed by atoms with Crippen LogP contribution in [0.5, 0.6) is 5.75 Å². The van der Waals surface area contributed by atoms with Crippen LogP contribution < -0.4 is 10.5 Å². The molecule has 0 spiro atoms. The summed E-state index contributed by atoms with van der Waals surface area (Å²) in [6.07, 6.45) is 1.23. The molecule has 2 aliphatic rings. The van der Waals surface area contributed by atoms with E-state index in [9.17, 15) is 8.42 Å². The molecule has 1 fully saturated rings. The van der Waals surface area contributed by atoms with E-state index in [4.69, 9.17) is 43.1 Å². The van der Waals surface area contributed by atoms with Gasteiger partial charge in [0, 0.05) is 35.2 Å². The second kappa shape index (κ2) is 12.8. The Morgan fingerprint density at radius 2 is 1.87 bits per heavy atom. The van der Waals surface area contributed by atoms with Crippen molar-refractivity contribution < 1.29 is 22.6 Å². The molecule has 38 heavy (non-hydrogen) atoms. The minimum atomic E-state index is -3.62. The lowest BCUT2D eigenvalue weighted by molar-refractivity contribution is 0.0377. The molecule has 2 N–H and O–H groups in total. The monoisotopic (exact) mass is 585 g/mol. The van der Waals surface area contributed by atoms with Crippen LogP contribution in [0.3, 0.4) is 0 Å². The molecule has 1 saturated heterocycles. The second-order valence-corrected chi connectivity index (χ2v) is 12.9. The number of nitrogens with two attached hydrogens (primary N) is 1. The van der Waals surface area contributed by atoms with Gasteiger partial charge in [0.05, 0.1) is 37.4 Å². The fourth-order valence-corrected chi connectivity index (χ4v) is 7.32. The predicted molar refractivity (Wildman–Crippen MR) is 150 cm³/mol. The Balaban J connectivity index is 1.43. The van der Waals surface area contributed by atoms with Gasteiger partial charge in [0.1, 0.15) is 11.9 Å². The van der Waals surface area contributed by atoms with Gasteiger partial charge in [-0.2, -0.15) is 4.31 Å². The van der Waals surface area contributed by atoms with Crippen molar-refractivity contribution in [2.45, 2.75) is 36.8 Å². The number of hydrogen-bond acceptors (Lipinski definition) is 7. The largest absolute Gasteiger partial charge is 0.484 e. The number of fused-ring (bicyclic) bond motifs is 1. The van der Waals surface area contributed by atoms with Crippen molar-refractivity contribution in [3.63, 3.8) is 0 Å². The van der Waals surface area contributed by atoms with Gasteiger partial charge in [0.15, 0.2) is 0 Å². The topological polar surface area (TPSA) is 94.3 Å². The van der Waals surface area contributed by atoms with Crippen molar-refractivity contribution in [1.82, 2.24) is 9.21 Å². The van der Waals surface area contributed by atoms with E-state index in [-0.39, 0.29) is 23.0 Å². The maximum absolute atomic E-state index is 13.4. The summed E-state index contributed by atoms with van der Waals surface area (Å²) in [5, 5.41) is 1.20. The van der Waals surface area contributed by atoms with Crippen LogP contribution in [0.2, 0.25) is 10.0 Å². The van der Waals surface area contributed by atoms with Gasteiger partial charge >= 0.3 is 0 Å². The van der Waals surface area contributed by atoms with Gasteiger partial charge in [-0.25, -0.2) is 8.42 Å². The number of likely N-dealkylation sites (N-methyl/N-ethyl adjacent to an activating group) is 1. The molecule has 0 aromatic heterocycles. The SMILES string of the molecule is Cc1cc(S(=O)(=O)N2CC[C@H](COCCOCCN)C2)ccc1O[C@H]1c2cc(Cl)cc(Cl)c2C[C@@H]1N(C)C. The average molecular weight is 587 g/mol. The molecule has 1 heterocycles. The maximum Gasteiger partial charge on any atom is 0.243 e.